The zero-order valence-corrected chi connectivity index (χ0v) is 13.7. The first kappa shape index (κ1) is 17.1. The van der Waals surface area contributed by atoms with E-state index in [4.69, 9.17) is 14.2 Å². The molecular formula is C20H24O4. The monoisotopic (exact) mass is 328 g/mol. The van der Waals surface area contributed by atoms with Crippen LogP contribution in [0.4, 0.5) is 0 Å². The van der Waals surface area contributed by atoms with Crippen molar-refractivity contribution in [1.82, 2.24) is 0 Å². The van der Waals surface area contributed by atoms with Crippen LogP contribution in [0.1, 0.15) is 24.0 Å². The Kier molecular flexibility index (Phi) is 6.38. The Balaban J connectivity index is 1.50. The molecule has 0 radical (unpaired) electrons. The predicted octanol–water partition coefficient (Wildman–Crippen LogP) is 3.29. The molecule has 2 aromatic rings. The predicted molar refractivity (Wildman–Crippen MR) is 91.2 cm³/mol. The van der Waals surface area contributed by atoms with Crippen molar-refractivity contribution >= 4 is 0 Å². The van der Waals surface area contributed by atoms with Crippen molar-refractivity contribution < 1.29 is 19.3 Å². The maximum atomic E-state index is 9.77. The van der Waals surface area contributed by atoms with Crippen molar-refractivity contribution in [3.05, 3.63) is 71.8 Å². The Hall–Kier alpha value is -1.72. The second-order valence-corrected chi connectivity index (χ2v) is 6.04. The molecule has 0 bridgehead atoms. The highest BCUT2D eigenvalue weighted by molar-refractivity contribution is 5.14. The molecule has 1 N–H and O–H groups in total. The Bertz CT molecular complexity index is 587. The molecule has 24 heavy (non-hydrogen) atoms. The van der Waals surface area contributed by atoms with E-state index >= 15 is 0 Å². The van der Waals surface area contributed by atoms with Crippen LogP contribution in [-0.2, 0) is 27.4 Å². The lowest BCUT2D eigenvalue weighted by Crippen LogP contribution is -2.43. The van der Waals surface area contributed by atoms with Crippen molar-refractivity contribution in [3.63, 3.8) is 0 Å². The lowest BCUT2D eigenvalue weighted by atomic mass is 10.0. The number of hydrogen-bond acceptors (Lipinski definition) is 4. The first-order valence-electron chi connectivity index (χ1n) is 8.42. The molecular weight excluding hydrogens is 304 g/mol. The lowest BCUT2D eigenvalue weighted by Gasteiger charge is -2.34. The topological polar surface area (TPSA) is 47.9 Å². The van der Waals surface area contributed by atoms with Gasteiger partial charge in [0.2, 0.25) is 0 Å². The fraction of sp³-hybridized carbons (Fsp3) is 0.400. The molecule has 1 heterocycles. The van der Waals surface area contributed by atoms with E-state index in [9.17, 15) is 5.11 Å². The van der Waals surface area contributed by atoms with Gasteiger partial charge in [0.15, 0.2) is 6.29 Å². The lowest BCUT2D eigenvalue weighted by molar-refractivity contribution is -0.224. The van der Waals surface area contributed by atoms with Crippen LogP contribution < -0.4 is 0 Å². The van der Waals surface area contributed by atoms with Gasteiger partial charge < -0.3 is 19.3 Å². The Morgan fingerprint density at radius 3 is 2.17 bits per heavy atom. The number of aliphatic hydroxyl groups is 1. The fourth-order valence-corrected chi connectivity index (χ4v) is 2.83. The van der Waals surface area contributed by atoms with Gasteiger partial charge in [0.25, 0.3) is 0 Å². The van der Waals surface area contributed by atoms with Gasteiger partial charge in [-0.1, -0.05) is 60.7 Å². The van der Waals surface area contributed by atoms with Crippen LogP contribution in [0.3, 0.4) is 0 Å². The second-order valence-electron chi connectivity index (χ2n) is 6.04. The van der Waals surface area contributed by atoms with Gasteiger partial charge in [0, 0.05) is 6.42 Å². The second kappa shape index (κ2) is 8.94. The van der Waals surface area contributed by atoms with Crippen LogP contribution in [0.2, 0.25) is 0 Å². The zero-order chi connectivity index (χ0) is 16.6. The third-order valence-corrected chi connectivity index (χ3v) is 4.15. The summed E-state index contributed by atoms with van der Waals surface area (Å²) in [7, 11) is 0. The SMILES string of the molecule is OC1CC[C@H](OCc2ccccc2)[C@@H](COCc2ccccc2)O1. The van der Waals surface area contributed by atoms with Crippen LogP contribution in [-0.4, -0.2) is 30.2 Å². The van der Waals surface area contributed by atoms with Gasteiger partial charge in [-0.25, -0.2) is 0 Å². The first-order chi connectivity index (χ1) is 11.8. The molecule has 1 unspecified atom stereocenters. The van der Waals surface area contributed by atoms with Crippen LogP contribution in [0.15, 0.2) is 60.7 Å². The summed E-state index contributed by atoms with van der Waals surface area (Å²) in [6, 6.07) is 20.1. The van der Waals surface area contributed by atoms with Crippen molar-refractivity contribution in [2.24, 2.45) is 0 Å². The smallest absolute Gasteiger partial charge is 0.155 e. The van der Waals surface area contributed by atoms with E-state index in [1.54, 1.807) is 0 Å². The highest BCUT2D eigenvalue weighted by atomic mass is 16.6. The largest absolute Gasteiger partial charge is 0.374 e. The van der Waals surface area contributed by atoms with Crippen LogP contribution in [0.25, 0.3) is 0 Å². The van der Waals surface area contributed by atoms with Gasteiger partial charge in [0.05, 0.1) is 25.9 Å². The van der Waals surface area contributed by atoms with Crippen LogP contribution in [0, 0.1) is 0 Å². The third-order valence-electron chi connectivity index (χ3n) is 4.15. The van der Waals surface area contributed by atoms with Gasteiger partial charge in [0.1, 0.15) is 6.10 Å². The number of benzene rings is 2. The Morgan fingerprint density at radius 1 is 0.875 bits per heavy atom. The van der Waals surface area contributed by atoms with E-state index in [-0.39, 0.29) is 12.2 Å². The summed E-state index contributed by atoms with van der Waals surface area (Å²) >= 11 is 0. The van der Waals surface area contributed by atoms with E-state index in [1.807, 2.05) is 60.7 Å². The zero-order valence-electron chi connectivity index (χ0n) is 13.7. The van der Waals surface area contributed by atoms with Crippen LogP contribution in [0.5, 0.6) is 0 Å². The van der Waals surface area contributed by atoms with E-state index in [0.29, 0.717) is 26.2 Å². The summed E-state index contributed by atoms with van der Waals surface area (Å²) in [6.07, 6.45) is 0.319. The van der Waals surface area contributed by atoms with Crippen molar-refractivity contribution in [2.75, 3.05) is 6.61 Å². The number of hydrogen-bond donors (Lipinski definition) is 1. The van der Waals surface area contributed by atoms with E-state index < -0.39 is 6.29 Å². The first-order valence-corrected chi connectivity index (χ1v) is 8.42. The average molecular weight is 328 g/mol. The molecule has 0 saturated carbocycles. The minimum atomic E-state index is -0.730. The summed E-state index contributed by atoms with van der Waals surface area (Å²) in [5, 5.41) is 9.77. The highest BCUT2D eigenvalue weighted by Gasteiger charge is 2.31. The normalized spacial score (nSPS) is 24.0. The van der Waals surface area contributed by atoms with E-state index in [1.165, 1.54) is 0 Å². The number of rotatable bonds is 7. The molecule has 1 aliphatic rings. The molecule has 0 aliphatic carbocycles. The summed E-state index contributed by atoms with van der Waals surface area (Å²) in [5.74, 6) is 0. The van der Waals surface area contributed by atoms with E-state index in [2.05, 4.69) is 0 Å². The van der Waals surface area contributed by atoms with Gasteiger partial charge in [-0.15, -0.1) is 0 Å². The fourth-order valence-electron chi connectivity index (χ4n) is 2.83. The molecule has 0 amide bonds. The molecule has 1 saturated heterocycles. The minimum absolute atomic E-state index is 0.0654. The molecule has 4 heteroatoms. The maximum absolute atomic E-state index is 9.77. The molecule has 4 nitrogen and oxygen atoms in total. The minimum Gasteiger partial charge on any atom is -0.374 e. The summed E-state index contributed by atoms with van der Waals surface area (Å²) in [4.78, 5) is 0. The van der Waals surface area contributed by atoms with Gasteiger partial charge >= 0.3 is 0 Å². The quantitative estimate of drug-likeness (QED) is 0.847. The molecule has 3 atom stereocenters. The Morgan fingerprint density at radius 2 is 1.50 bits per heavy atom. The third kappa shape index (κ3) is 5.14. The van der Waals surface area contributed by atoms with Gasteiger partial charge in [-0.05, 0) is 17.5 Å². The molecule has 3 rings (SSSR count). The molecule has 128 valence electrons. The standard InChI is InChI=1S/C20H24O4/c21-20-12-11-18(23-14-17-9-5-2-6-10-17)19(24-20)15-22-13-16-7-3-1-4-8-16/h1-10,18-21H,11-15H2/t18-,19+,20?/m0/s1. The molecule has 0 aromatic heterocycles. The maximum Gasteiger partial charge on any atom is 0.155 e. The summed E-state index contributed by atoms with van der Waals surface area (Å²) in [5.41, 5.74) is 2.25. The number of aliphatic hydroxyl groups excluding tert-OH is 1. The van der Waals surface area contributed by atoms with E-state index in [0.717, 1.165) is 17.5 Å². The Labute approximate surface area is 143 Å². The van der Waals surface area contributed by atoms with Crippen molar-refractivity contribution in [2.45, 2.75) is 44.6 Å². The molecule has 2 aromatic carbocycles. The van der Waals surface area contributed by atoms with Crippen molar-refractivity contribution in [3.8, 4) is 0 Å². The van der Waals surface area contributed by atoms with Gasteiger partial charge in [-0.2, -0.15) is 0 Å². The molecule has 1 fully saturated rings. The average Bonchev–Trinajstić information content (AvgIpc) is 2.63. The summed E-state index contributed by atoms with van der Waals surface area (Å²) < 4.78 is 17.4. The van der Waals surface area contributed by atoms with Gasteiger partial charge in [-0.3, -0.25) is 0 Å². The summed E-state index contributed by atoms with van der Waals surface area (Å²) in [6.45, 7) is 1.48. The van der Waals surface area contributed by atoms with Crippen LogP contribution >= 0.6 is 0 Å². The number of ether oxygens (including phenoxy) is 3. The highest BCUT2D eigenvalue weighted by Crippen LogP contribution is 2.23. The molecule has 0 spiro atoms. The molecule has 1 aliphatic heterocycles. The van der Waals surface area contributed by atoms with Crippen molar-refractivity contribution in [1.29, 1.82) is 0 Å².